The Kier molecular flexibility index (Phi) is 6.17. The van der Waals surface area contributed by atoms with Crippen LogP contribution in [0.5, 0.6) is 11.5 Å². The van der Waals surface area contributed by atoms with Gasteiger partial charge in [0.15, 0.2) is 11.5 Å². The second-order valence-electron chi connectivity index (χ2n) is 6.61. The van der Waals surface area contributed by atoms with Crippen LogP contribution < -0.4 is 20.1 Å². The lowest BCUT2D eigenvalue weighted by atomic mass is 10.2. The number of hydrogen-bond acceptors (Lipinski definition) is 6. The van der Waals surface area contributed by atoms with Gasteiger partial charge in [0.25, 0.3) is 5.91 Å². The first kappa shape index (κ1) is 20.9. The van der Waals surface area contributed by atoms with E-state index in [1.54, 1.807) is 26.4 Å². The van der Waals surface area contributed by atoms with Crippen molar-refractivity contribution in [1.82, 2.24) is 9.97 Å². The van der Waals surface area contributed by atoms with Crippen LogP contribution in [0.3, 0.4) is 0 Å². The van der Waals surface area contributed by atoms with Crippen molar-refractivity contribution in [3.05, 3.63) is 76.1 Å². The predicted octanol–water partition coefficient (Wildman–Crippen LogP) is 5.25. The van der Waals surface area contributed by atoms with Gasteiger partial charge < -0.3 is 20.1 Å². The van der Waals surface area contributed by atoms with Gasteiger partial charge >= 0.3 is 0 Å². The molecule has 0 aliphatic rings. The normalized spacial score (nSPS) is 10.5. The van der Waals surface area contributed by atoms with Crippen LogP contribution in [-0.2, 0) is 0 Å². The lowest BCUT2D eigenvalue weighted by Gasteiger charge is -2.12. The van der Waals surface area contributed by atoms with Crippen molar-refractivity contribution in [2.75, 3.05) is 24.9 Å². The van der Waals surface area contributed by atoms with Crippen molar-refractivity contribution < 1.29 is 14.3 Å². The number of anilines is 3. The molecule has 0 spiro atoms. The third-order valence-corrected chi connectivity index (χ3v) is 5.37. The molecule has 8 heteroatoms. The van der Waals surface area contributed by atoms with E-state index in [9.17, 15) is 4.79 Å². The second kappa shape index (κ2) is 9.17. The summed E-state index contributed by atoms with van der Waals surface area (Å²) in [6, 6.07) is 18.5. The Morgan fingerprint density at radius 3 is 2.19 bits per heavy atom. The van der Waals surface area contributed by atoms with Crippen molar-refractivity contribution in [3.8, 4) is 11.5 Å². The van der Waals surface area contributed by atoms with Crippen molar-refractivity contribution in [3.63, 3.8) is 0 Å². The van der Waals surface area contributed by atoms with Crippen LogP contribution in [0.4, 0.5) is 17.2 Å². The van der Waals surface area contributed by atoms with E-state index in [1.807, 2.05) is 48.5 Å². The zero-order valence-corrected chi connectivity index (χ0v) is 19.0. The topological polar surface area (TPSA) is 85.4 Å². The Labute approximate surface area is 193 Å². The average molecular weight is 526 g/mol. The van der Waals surface area contributed by atoms with Gasteiger partial charge in [0.05, 0.1) is 19.7 Å². The van der Waals surface area contributed by atoms with Gasteiger partial charge in [-0.15, -0.1) is 0 Å². The van der Waals surface area contributed by atoms with E-state index < -0.39 is 0 Å². The summed E-state index contributed by atoms with van der Waals surface area (Å²) in [4.78, 5) is 21.1. The number of rotatable bonds is 6. The number of carbonyl (C=O) groups is 1. The van der Waals surface area contributed by atoms with Crippen LogP contribution >= 0.6 is 22.6 Å². The minimum atomic E-state index is -0.153. The Morgan fingerprint density at radius 1 is 0.871 bits per heavy atom. The van der Waals surface area contributed by atoms with E-state index in [2.05, 4.69) is 43.2 Å². The minimum Gasteiger partial charge on any atom is -0.493 e. The van der Waals surface area contributed by atoms with Gasteiger partial charge in [-0.05, 0) is 77.2 Å². The average Bonchev–Trinajstić information content (AvgIpc) is 2.80. The molecular weight excluding hydrogens is 507 g/mol. The number of benzene rings is 3. The highest BCUT2D eigenvalue weighted by molar-refractivity contribution is 14.1. The van der Waals surface area contributed by atoms with Crippen LogP contribution in [-0.4, -0.2) is 30.1 Å². The number of hydrogen-bond donors (Lipinski definition) is 2. The molecule has 0 bridgehead atoms. The van der Waals surface area contributed by atoms with E-state index in [-0.39, 0.29) is 5.91 Å². The Balaban J connectivity index is 1.53. The molecule has 31 heavy (non-hydrogen) atoms. The number of aromatic nitrogens is 2. The zero-order valence-electron chi connectivity index (χ0n) is 16.8. The second-order valence-corrected chi connectivity index (χ2v) is 7.86. The van der Waals surface area contributed by atoms with Gasteiger partial charge in [0, 0.05) is 32.0 Å². The number of carbonyl (C=O) groups excluding carboxylic acids is 1. The fraction of sp³-hybridized carbons (Fsp3) is 0.0870. The molecule has 1 aromatic heterocycles. The van der Waals surface area contributed by atoms with Gasteiger partial charge in [0.2, 0.25) is 0 Å². The quantitative estimate of drug-likeness (QED) is 0.334. The Hall–Kier alpha value is -3.40. The molecule has 0 saturated carbocycles. The number of methoxy groups -OCH3 is 2. The van der Waals surface area contributed by atoms with Gasteiger partial charge in [-0.1, -0.05) is 0 Å². The highest BCUT2D eigenvalue weighted by atomic mass is 127. The molecule has 0 fully saturated rings. The Morgan fingerprint density at radius 2 is 1.52 bits per heavy atom. The monoisotopic (exact) mass is 526 g/mol. The molecule has 4 rings (SSSR count). The first-order chi connectivity index (χ1) is 15.1. The van der Waals surface area contributed by atoms with Gasteiger partial charge in [-0.2, -0.15) is 0 Å². The van der Waals surface area contributed by atoms with Crippen molar-refractivity contribution >= 4 is 56.6 Å². The lowest BCUT2D eigenvalue weighted by Crippen LogP contribution is -2.11. The van der Waals surface area contributed by atoms with Crippen molar-refractivity contribution in [1.29, 1.82) is 0 Å². The smallest absolute Gasteiger partial charge is 0.255 e. The first-order valence-corrected chi connectivity index (χ1v) is 10.5. The highest BCUT2D eigenvalue weighted by Gasteiger charge is 2.11. The van der Waals surface area contributed by atoms with Crippen LogP contribution in [0.2, 0.25) is 0 Å². The summed E-state index contributed by atoms with van der Waals surface area (Å²) < 4.78 is 11.8. The summed E-state index contributed by atoms with van der Waals surface area (Å²) in [5.74, 6) is 1.69. The van der Waals surface area contributed by atoms with E-state index in [0.29, 0.717) is 28.6 Å². The molecule has 0 atom stereocenters. The SMILES string of the molecule is COc1cc2ncnc(Nc3ccc(NC(=O)c4ccc(I)cc4)cc3)c2cc1OC. The number of fused-ring (bicyclic) bond motifs is 1. The Bertz CT molecular complexity index is 1230. The van der Waals surface area contributed by atoms with E-state index in [1.165, 1.54) is 6.33 Å². The summed E-state index contributed by atoms with van der Waals surface area (Å²) >= 11 is 2.21. The molecule has 0 unspecified atom stereocenters. The highest BCUT2D eigenvalue weighted by Crippen LogP contribution is 2.34. The number of nitrogens with zero attached hydrogens (tertiary/aromatic N) is 2. The number of ether oxygens (including phenoxy) is 2. The minimum absolute atomic E-state index is 0.153. The molecule has 0 saturated heterocycles. The molecule has 4 aromatic rings. The summed E-state index contributed by atoms with van der Waals surface area (Å²) in [6.45, 7) is 0. The van der Waals surface area contributed by atoms with Crippen LogP contribution in [0, 0.1) is 3.57 Å². The molecule has 0 radical (unpaired) electrons. The molecular formula is C23H19IN4O3. The zero-order chi connectivity index (χ0) is 21.8. The summed E-state index contributed by atoms with van der Waals surface area (Å²) in [5.41, 5.74) is 2.87. The first-order valence-electron chi connectivity index (χ1n) is 9.38. The lowest BCUT2D eigenvalue weighted by molar-refractivity contribution is 0.102. The standard InChI is InChI=1S/C23H19IN4O3/c1-30-20-11-18-19(12-21(20)31-2)25-13-26-22(18)27-16-7-9-17(10-8-16)28-23(29)14-3-5-15(24)6-4-14/h3-13H,1-2H3,(H,28,29)(H,25,26,27). The summed E-state index contributed by atoms with van der Waals surface area (Å²) in [7, 11) is 3.17. The maximum absolute atomic E-state index is 12.4. The fourth-order valence-corrected chi connectivity index (χ4v) is 3.42. The maximum Gasteiger partial charge on any atom is 0.255 e. The summed E-state index contributed by atoms with van der Waals surface area (Å²) in [6.07, 6.45) is 1.49. The van der Waals surface area contributed by atoms with E-state index in [0.717, 1.165) is 20.2 Å². The van der Waals surface area contributed by atoms with E-state index in [4.69, 9.17) is 9.47 Å². The largest absolute Gasteiger partial charge is 0.493 e. The van der Waals surface area contributed by atoms with E-state index >= 15 is 0 Å². The maximum atomic E-state index is 12.4. The molecule has 0 aliphatic heterocycles. The molecule has 3 aromatic carbocycles. The summed E-state index contributed by atoms with van der Waals surface area (Å²) in [5, 5.41) is 7.00. The van der Waals surface area contributed by atoms with Crippen molar-refractivity contribution in [2.24, 2.45) is 0 Å². The number of halogens is 1. The molecule has 156 valence electrons. The van der Waals surface area contributed by atoms with Crippen LogP contribution in [0.15, 0.2) is 67.0 Å². The molecule has 1 heterocycles. The van der Waals surface area contributed by atoms with Crippen LogP contribution in [0.1, 0.15) is 10.4 Å². The van der Waals surface area contributed by atoms with Crippen molar-refractivity contribution in [2.45, 2.75) is 0 Å². The molecule has 2 N–H and O–H groups in total. The predicted molar refractivity (Wildman–Crippen MR) is 129 cm³/mol. The molecule has 7 nitrogen and oxygen atoms in total. The molecule has 0 aliphatic carbocycles. The van der Waals surface area contributed by atoms with Gasteiger partial charge in [-0.25, -0.2) is 9.97 Å². The number of amides is 1. The number of nitrogens with one attached hydrogen (secondary N) is 2. The molecule has 1 amide bonds. The third kappa shape index (κ3) is 4.69. The van der Waals surface area contributed by atoms with Crippen LogP contribution in [0.25, 0.3) is 10.9 Å². The van der Waals surface area contributed by atoms with Gasteiger partial charge in [-0.3, -0.25) is 4.79 Å². The third-order valence-electron chi connectivity index (χ3n) is 4.65. The van der Waals surface area contributed by atoms with Gasteiger partial charge in [0.1, 0.15) is 12.1 Å². The fourth-order valence-electron chi connectivity index (χ4n) is 3.06.